The van der Waals surface area contributed by atoms with E-state index in [9.17, 15) is 4.79 Å². The van der Waals surface area contributed by atoms with Crippen molar-refractivity contribution in [2.45, 2.75) is 32.6 Å². The number of hydrogen-bond acceptors (Lipinski definition) is 4. The van der Waals surface area contributed by atoms with Gasteiger partial charge in [-0.1, -0.05) is 6.07 Å². The molecular weight excluding hydrogens is 328 g/mol. The average Bonchev–Trinajstić information content (AvgIpc) is 2.56. The van der Waals surface area contributed by atoms with Crippen LogP contribution < -0.4 is 15.4 Å². The molecule has 0 unspecified atom stereocenters. The summed E-state index contributed by atoms with van der Waals surface area (Å²) < 4.78 is 11.4. The number of rotatable bonds is 8. The Hall–Kier alpha value is -1.30. The van der Waals surface area contributed by atoms with Crippen LogP contribution in [0.3, 0.4) is 0 Å². The summed E-state index contributed by atoms with van der Waals surface area (Å²) in [6.07, 6.45) is 3.47. The van der Waals surface area contributed by atoms with Gasteiger partial charge in [-0.25, -0.2) is 0 Å². The average molecular weight is 357 g/mol. The van der Waals surface area contributed by atoms with Crippen LogP contribution in [-0.2, 0) is 9.53 Å². The van der Waals surface area contributed by atoms with Gasteiger partial charge in [0.05, 0.1) is 6.61 Å². The van der Waals surface area contributed by atoms with Crippen LogP contribution >= 0.6 is 12.4 Å². The molecule has 1 amide bonds. The maximum Gasteiger partial charge on any atom is 0.224 e. The van der Waals surface area contributed by atoms with Crippen LogP contribution in [0.1, 0.15) is 31.2 Å². The van der Waals surface area contributed by atoms with Gasteiger partial charge in [0.1, 0.15) is 5.75 Å². The van der Waals surface area contributed by atoms with Crippen LogP contribution in [-0.4, -0.2) is 39.3 Å². The molecule has 0 spiro atoms. The summed E-state index contributed by atoms with van der Waals surface area (Å²) in [6.45, 7) is 5.24. The van der Waals surface area contributed by atoms with Crippen LogP contribution in [0.2, 0.25) is 0 Å². The number of nitrogens with one attached hydrogen (secondary N) is 2. The quantitative estimate of drug-likeness (QED) is 0.702. The molecule has 0 aromatic heterocycles. The molecule has 1 saturated heterocycles. The fraction of sp³-hybridized carbons (Fsp3) is 0.611. The van der Waals surface area contributed by atoms with Gasteiger partial charge in [-0.2, -0.15) is 0 Å². The first-order chi connectivity index (χ1) is 11.2. The van der Waals surface area contributed by atoms with Gasteiger partial charge in [0.25, 0.3) is 0 Å². The Morgan fingerprint density at radius 3 is 2.79 bits per heavy atom. The van der Waals surface area contributed by atoms with Gasteiger partial charge in [0, 0.05) is 31.4 Å². The van der Waals surface area contributed by atoms with Crippen molar-refractivity contribution >= 4 is 24.0 Å². The van der Waals surface area contributed by atoms with E-state index in [1.807, 2.05) is 32.2 Å². The molecule has 0 aliphatic carbocycles. The van der Waals surface area contributed by atoms with Gasteiger partial charge in [-0.05, 0) is 57.3 Å². The fourth-order valence-corrected chi connectivity index (χ4v) is 2.60. The monoisotopic (exact) mass is 356 g/mol. The Labute approximate surface area is 150 Å². The van der Waals surface area contributed by atoms with E-state index in [0.29, 0.717) is 18.9 Å². The van der Waals surface area contributed by atoms with E-state index < -0.39 is 0 Å². The van der Waals surface area contributed by atoms with E-state index in [0.717, 1.165) is 56.0 Å². The Balaban J connectivity index is 0.00000288. The minimum Gasteiger partial charge on any atom is -0.493 e. The first kappa shape index (κ1) is 20.7. The molecule has 136 valence electrons. The molecular formula is C18H29ClN2O3. The first-order valence-corrected chi connectivity index (χ1v) is 8.44. The molecule has 5 nitrogen and oxygen atoms in total. The molecule has 1 aliphatic heterocycles. The zero-order valence-electron chi connectivity index (χ0n) is 14.6. The number of hydrogen-bond donors (Lipinski definition) is 2. The van der Waals surface area contributed by atoms with Gasteiger partial charge in [0.2, 0.25) is 5.91 Å². The molecule has 1 aromatic rings. The van der Waals surface area contributed by atoms with E-state index in [-0.39, 0.29) is 18.3 Å². The highest BCUT2D eigenvalue weighted by molar-refractivity contribution is 5.90. The molecule has 1 aromatic carbocycles. The molecule has 1 heterocycles. The lowest BCUT2D eigenvalue weighted by molar-refractivity contribution is -0.116. The molecule has 0 bridgehead atoms. The van der Waals surface area contributed by atoms with Crippen LogP contribution in [0.15, 0.2) is 18.2 Å². The van der Waals surface area contributed by atoms with Crippen LogP contribution in [0.5, 0.6) is 5.75 Å². The maximum atomic E-state index is 11.9. The second-order valence-electron chi connectivity index (χ2n) is 6.10. The molecule has 24 heavy (non-hydrogen) atoms. The third-order valence-electron chi connectivity index (χ3n) is 4.12. The lowest BCUT2D eigenvalue weighted by atomic mass is 10.0. The van der Waals surface area contributed by atoms with Crippen molar-refractivity contribution in [3.63, 3.8) is 0 Å². The molecule has 1 aliphatic rings. The van der Waals surface area contributed by atoms with Gasteiger partial charge >= 0.3 is 0 Å². The third kappa shape index (κ3) is 7.07. The van der Waals surface area contributed by atoms with Crippen molar-refractivity contribution < 1.29 is 14.3 Å². The first-order valence-electron chi connectivity index (χ1n) is 8.44. The summed E-state index contributed by atoms with van der Waals surface area (Å²) in [6, 6.07) is 5.83. The van der Waals surface area contributed by atoms with Crippen molar-refractivity contribution in [3.8, 4) is 5.75 Å². The standard InChI is InChI=1S/C18H28N2O3.ClH/c1-14-5-6-16(20-18(21)4-3-9-19-2)12-17(14)23-13-15-7-10-22-11-8-15;/h5-6,12,15,19H,3-4,7-11,13H2,1-2H3,(H,20,21);1H. The van der Waals surface area contributed by atoms with Crippen molar-refractivity contribution in [2.75, 3.05) is 38.7 Å². The van der Waals surface area contributed by atoms with E-state index in [4.69, 9.17) is 9.47 Å². The van der Waals surface area contributed by atoms with Crippen LogP contribution in [0.4, 0.5) is 5.69 Å². The van der Waals surface area contributed by atoms with Crippen LogP contribution in [0, 0.1) is 12.8 Å². The summed E-state index contributed by atoms with van der Waals surface area (Å²) in [5.41, 5.74) is 1.89. The summed E-state index contributed by atoms with van der Waals surface area (Å²) >= 11 is 0. The summed E-state index contributed by atoms with van der Waals surface area (Å²) in [7, 11) is 1.89. The van der Waals surface area contributed by atoms with Crippen molar-refractivity contribution in [2.24, 2.45) is 5.92 Å². The van der Waals surface area contributed by atoms with Crippen LogP contribution in [0.25, 0.3) is 0 Å². The highest BCUT2D eigenvalue weighted by Gasteiger charge is 2.15. The van der Waals surface area contributed by atoms with Crippen molar-refractivity contribution in [1.82, 2.24) is 5.32 Å². The summed E-state index contributed by atoms with van der Waals surface area (Å²) in [5.74, 6) is 1.45. The lowest BCUT2D eigenvalue weighted by Gasteiger charge is -2.22. The highest BCUT2D eigenvalue weighted by Crippen LogP contribution is 2.25. The van der Waals surface area contributed by atoms with Gasteiger partial charge in [0.15, 0.2) is 0 Å². The number of aryl methyl sites for hydroxylation is 1. The second kappa shape index (κ2) is 11.3. The number of carbonyl (C=O) groups is 1. The number of benzene rings is 1. The number of anilines is 1. The van der Waals surface area contributed by atoms with Crippen molar-refractivity contribution in [1.29, 1.82) is 0 Å². The number of carbonyl (C=O) groups excluding carboxylic acids is 1. The van der Waals surface area contributed by atoms with E-state index in [1.165, 1.54) is 0 Å². The van der Waals surface area contributed by atoms with E-state index >= 15 is 0 Å². The molecule has 0 atom stereocenters. The number of halogens is 1. The summed E-state index contributed by atoms with van der Waals surface area (Å²) in [5, 5.41) is 5.98. The molecule has 2 N–H and O–H groups in total. The smallest absolute Gasteiger partial charge is 0.224 e. The van der Waals surface area contributed by atoms with Gasteiger partial charge in [-0.3, -0.25) is 4.79 Å². The minimum atomic E-state index is 0. The predicted octanol–water partition coefficient (Wildman–Crippen LogP) is 3.16. The SMILES string of the molecule is CNCCCC(=O)Nc1ccc(C)c(OCC2CCOCC2)c1.Cl. The second-order valence-corrected chi connectivity index (χ2v) is 6.10. The molecule has 0 radical (unpaired) electrons. The zero-order valence-corrected chi connectivity index (χ0v) is 15.4. The van der Waals surface area contributed by atoms with Crippen molar-refractivity contribution in [3.05, 3.63) is 23.8 Å². The molecule has 0 saturated carbocycles. The lowest BCUT2D eigenvalue weighted by Crippen LogP contribution is -2.21. The normalized spacial score (nSPS) is 14.8. The summed E-state index contributed by atoms with van der Waals surface area (Å²) in [4.78, 5) is 11.9. The molecule has 6 heteroatoms. The third-order valence-corrected chi connectivity index (χ3v) is 4.12. The number of amides is 1. The molecule has 2 rings (SSSR count). The Morgan fingerprint density at radius 1 is 1.33 bits per heavy atom. The Bertz CT molecular complexity index is 505. The van der Waals surface area contributed by atoms with Gasteiger partial charge < -0.3 is 20.1 Å². The van der Waals surface area contributed by atoms with Gasteiger partial charge in [-0.15, -0.1) is 12.4 Å². The Kier molecular flexibility index (Phi) is 9.76. The Morgan fingerprint density at radius 2 is 2.08 bits per heavy atom. The predicted molar refractivity (Wildman–Crippen MR) is 99.3 cm³/mol. The maximum absolute atomic E-state index is 11.9. The number of ether oxygens (including phenoxy) is 2. The van der Waals surface area contributed by atoms with E-state index in [1.54, 1.807) is 0 Å². The van der Waals surface area contributed by atoms with E-state index in [2.05, 4.69) is 10.6 Å². The highest BCUT2D eigenvalue weighted by atomic mass is 35.5. The minimum absolute atomic E-state index is 0. The fourth-order valence-electron chi connectivity index (χ4n) is 2.60. The molecule has 1 fully saturated rings. The zero-order chi connectivity index (χ0) is 16.5. The largest absolute Gasteiger partial charge is 0.493 e. The topological polar surface area (TPSA) is 59.6 Å².